The van der Waals surface area contributed by atoms with E-state index in [0.29, 0.717) is 6.04 Å². The van der Waals surface area contributed by atoms with Gasteiger partial charge in [0.1, 0.15) is 0 Å². The Morgan fingerprint density at radius 3 is 2.38 bits per heavy atom. The Bertz CT molecular complexity index is 326. The molecule has 0 aromatic carbocycles. The fraction of sp³-hybridized carbons (Fsp3) is 0.786. The zero-order valence-electron chi connectivity index (χ0n) is 11.0. The molecule has 0 atom stereocenters. The summed E-state index contributed by atoms with van der Waals surface area (Å²) in [5.74, 6) is 2.24. The van der Waals surface area contributed by atoms with Gasteiger partial charge in [-0.2, -0.15) is 5.10 Å². The van der Waals surface area contributed by atoms with Crippen molar-refractivity contribution in [1.29, 1.82) is 0 Å². The van der Waals surface area contributed by atoms with E-state index in [4.69, 9.17) is 5.10 Å². The van der Waals surface area contributed by atoms with Crippen molar-refractivity contribution in [3.05, 3.63) is 18.0 Å². The van der Waals surface area contributed by atoms with E-state index in [0.717, 1.165) is 24.2 Å². The van der Waals surface area contributed by atoms with E-state index in [9.17, 15) is 0 Å². The summed E-state index contributed by atoms with van der Waals surface area (Å²) < 4.78 is 2.16. The van der Waals surface area contributed by atoms with Gasteiger partial charge in [-0.3, -0.25) is 4.68 Å². The van der Waals surface area contributed by atoms with Crippen LogP contribution in [0.4, 0.5) is 0 Å². The van der Waals surface area contributed by atoms with Crippen LogP contribution in [0.1, 0.15) is 52.3 Å². The van der Waals surface area contributed by atoms with Gasteiger partial charge in [-0.25, -0.2) is 0 Å². The maximum atomic E-state index is 4.69. The highest BCUT2D eigenvalue weighted by Crippen LogP contribution is 2.34. The molecular formula is C14H24N2. The second kappa shape index (κ2) is 4.60. The van der Waals surface area contributed by atoms with Gasteiger partial charge in [0.25, 0.3) is 0 Å². The molecule has 0 unspecified atom stereocenters. The minimum absolute atomic E-state index is 0.713. The van der Waals surface area contributed by atoms with Crippen LogP contribution in [0.3, 0.4) is 0 Å². The van der Waals surface area contributed by atoms with Crippen molar-refractivity contribution >= 4 is 0 Å². The molecule has 0 N–H and O–H groups in total. The Labute approximate surface area is 99.0 Å². The summed E-state index contributed by atoms with van der Waals surface area (Å²) in [7, 11) is 0. The van der Waals surface area contributed by atoms with Crippen LogP contribution < -0.4 is 0 Å². The van der Waals surface area contributed by atoms with Crippen LogP contribution in [0.2, 0.25) is 0 Å². The first kappa shape index (κ1) is 11.7. The number of rotatable bonds is 5. The summed E-state index contributed by atoms with van der Waals surface area (Å²) in [5.41, 5.74) is 1.28. The zero-order valence-corrected chi connectivity index (χ0v) is 11.0. The van der Waals surface area contributed by atoms with E-state index in [-0.39, 0.29) is 0 Å². The van der Waals surface area contributed by atoms with Gasteiger partial charge in [0.05, 0.1) is 11.7 Å². The summed E-state index contributed by atoms with van der Waals surface area (Å²) in [5, 5.41) is 4.69. The van der Waals surface area contributed by atoms with E-state index >= 15 is 0 Å². The molecule has 1 heterocycles. The smallest absolute Gasteiger partial charge is 0.0627 e. The molecule has 0 aliphatic heterocycles. The molecule has 0 spiro atoms. The van der Waals surface area contributed by atoms with Crippen LogP contribution in [0.5, 0.6) is 0 Å². The average Bonchev–Trinajstić information content (AvgIpc) is 2.94. The fourth-order valence-electron chi connectivity index (χ4n) is 2.51. The second-order valence-electron chi connectivity index (χ2n) is 5.87. The summed E-state index contributed by atoms with van der Waals surface area (Å²) in [6.07, 6.45) is 5.93. The molecular weight excluding hydrogens is 196 g/mol. The third kappa shape index (κ3) is 2.66. The SMILES string of the molecule is CC(C)C(Cc1ccn(C2CC2)n1)C(C)C. The number of hydrogen-bond acceptors (Lipinski definition) is 1. The number of nitrogens with zero attached hydrogens (tertiary/aromatic N) is 2. The van der Waals surface area contributed by atoms with Crippen molar-refractivity contribution in [3.63, 3.8) is 0 Å². The van der Waals surface area contributed by atoms with E-state index in [1.807, 2.05) is 0 Å². The van der Waals surface area contributed by atoms with Gasteiger partial charge in [-0.1, -0.05) is 27.7 Å². The summed E-state index contributed by atoms with van der Waals surface area (Å²) in [6.45, 7) is 9.29. The normalized spacial score (nSPS) is 16.7. The van der Waals surface area contributed by atoms with Crippen molar-refractivity contribution in [1.82, 2.24) is 9.78 Å². The third-order valence-electron chi connectivity index (χ3n) is 3.74. The molecule has 16 heavy (non-hydrogen) atoms. The second-order valence-corrected chi connectivity index (χ2v) is 5.87. The molecule has 0 radical (unpaired) electrons. The van der Waals surface area contributed by atoms with Crippen molar-refractivity contribution in [2.45, 2.75) is 53.0 Å². The van der Waals surface area contributed by atoms with Crippen molar-refractivity contribution in [2.24, 2.45) is 17.8 Å². The Morgan fingerprint density at radius 1 is 1.25 bits per heavy atom. The minimum Gasteiger partial charge on any atom is -0.269 e. The molecule has 0 amide bonds. The first-order valence-corrected chi connectivity index (χ1v) is 6.62. The van der Waals surface area contributed by atoms with Crippen molar-refractivity contribution in [3.8, 4) is 0 Å². The molecule has 90 valence electrons. The largest absolute Gasteiger partial charge is 0.269 e. The lowest BCUT2D eigenvalue weighted by Gasteiger charge is -2.23. The van der Waals surface area contributed by atoms with E-state index in [2.05, 4.69) is 44.6 Å². The first-order valence-electron chi connectivity index (χ1n) is 6.62. The van der Waals surface area contributed by atoms with Gasteiger partial charge >= 0.3 is 0 Å². The predicted molar refractivity (Wildman–Crippen MR) is 67.4 cm³/mol. The fourth-order valence-corrected chi connectivity index (χ4v) is 2.51. The van der Waals surface area contributed by atoms with Crippen LogP contribution in [0, 0.1) is 17.8 Å². The first-order chi connectivity index (χ1) is 7.58. The Kier molecular flexibility index (Phi) is 3.36. The molecule has 1 aliphatic rings. The summed E-state index contributed by atoms with van der Waals surface area (Å²) in [6, 6.07) is 2.92. The van der Waals surface area contributed by atoms with Crippen molar-refractivity contribution in [2.75, 3.05) is 0 Å². The number of hydrogen-bond donors (Lipinski definition) is 0. The molecule has 2 rings (SSSR count). The maximum absolute atomic E-state index is 4.69. The highest BCUT2D eigenvalue weighted by molar-refractivity contribution is 5.03. The maximum Gasteiger partial charge on any atom is 0.0627 e. The van der Waals surface area contributed by atoms with Crippen LogP contribution in [-0.2, 0) is 6.42 Å². The van der Waals surface area contributed by atoms with Crippen molar-refractivity contribution < 1.29 is 0 Å². The molecule has 1 aliphatic carbocycles. The molecule has 1 aromatic heterocycles. The van der Waals surface area contributed by atoms with Gasteiger partial charge in [0.2, 0.25) is 0 Å². The zero-order chi connectivity index (χ0) is 11.7. The quantitative estimate of drug-likeness (QED) is 0.740. The Morgan fingerprint density at radius 2 is 1.88 bits per heavy atom. The van der Waals surface area contributed by atoms with E-state index in [1.54, 1.807) is 0 Å². The van der Waals surface area contributed by atoms with Crippen LogP contribution >= 0.6 is 0 Å². The highest BCUT2D eigenvalue weighted by atomic mass is 15.3. The van der Waals surface area contributed by atoms with Crippen LogP contribution in [0.15, 0.2) is 12.3 Å². The monoisotopic (exact) mass is 220 g/mol. The molecule has 2 nitrogen and oxygen atoms in total. The number of aromatic nitrogens is 2. The summed E-state index contributed by atoms with van der Waals surface area (Å²) >= 11 is 0. The molecule has 1 fully saturated rings. The molecule has 1 saturated carbocycles. The van der Waals surface area contributed by atoms with E-state index in [1.165, 1.54) is 18.5 Å². The highest BCUT2D eigenvalue weighted by Gasteiger charge is 2.25. The standard InChI is InChI=1S/C14H24N2/c1-10(2)14(11(3)4)9-12-7-8-16(15-12)13-5-6-13/h7-8,10-11,13-14H,5-6,9H2,1-4H3. The Hall–Kier alpha value is -0.790. The van der Waals surface area contributed by atoms with Gasteiger partial charge in [-0.05, 0) is 43.1 Å². The van der Waals surface area contributed by atoms with Gasteiger partial charge in [0, 0.05) is 6.20 Å². The lowest BCUT2D eigenvalue weighted by Crippen LogP contribution is -2.18. The topological polar surface area (TPSA) is 17.8 Å². The molecule has 1 aromatic rings. The minimum atomic E-state index is 0.713. The summed E-state index contributed by atoms with van der Waals surface area (Å²) in [4.78, 5) is 0. The average molecular weight is 220 g/mol. The molecule has 0 bridgehead atoms. The van der Waals surface area contributed by atoms with E-state index < -0.39 is 0 Å². The van der Waals surface area contributed by atoms with Crippen LogP contribution in [-0.4, -0.2) is 9.78 Å². The van der Waals surface area contributed by atoms with Crippen LogP contribution in [0.25, 0.3) is 0 Å². The third-order valence-corrected chi connectivity index (χ3v) is 3.74. The Balaban J connectivity index is 2.00. The lowest BCUT2D eigenvalue weighted by molar-refractivity contribution is 0.283. The van der Waals surface area contributed by atoms with Gasteiger partial charge in [0.15, 0.2) is 0 Å². The molecule has 0 saturated heterocycles. The molecule has 2 heteroatoms. The lowest BCUT2D eigenvalue weighted by atomic mass is 9.82. The van der Waals surface area contributed by atoms with Gasteiger partial charge in [-0.15, -0.1) is 0 Å². The van der Waals surface area contributed by atoms with Gasteiger partial charge < -0.3 is 0 Å². The predicted octanol–water partition coefficient (Wildman–Crippen LogP) is 3.69.